The smallest absolute Gasteiger partial charge is 0.307 e. The number of fused-ring (bicyclic) bond motifs is 2. The Morgan fingerprint density at radius 1 is 1.18 bits per heavy atom. The summed E-state index contributed by atoms with van der Waals surface area (Å²) in [7, 11) is 0. The number of likely N-dealkylation sites (tertiary alicyclic amines) is 1. The number of carboxylic acid groups (broad SMARTS) is 1. The molecule has 5 rings (SSSR count). The van der Waals surface area contributed by atoms with E-state index in [2.05, 4.69) is 40.6 Å². The van der Waals surface area contributed by atoms with Crippen LogP contribution in [-0.2, 0) is 4.79 Å². The maximum atomic E-state index is 11.7. The van der Waals surface area contributed by atoms with Crippen LogP contribution in [0.25, 0.3) is 10.1 Å². The predicted molar refractivity (Wildman–Crippen MR) is 108 cm³/mol. The minimum Gasteiger partial charge on any atom is -0.481 e. The van der Waals surface area contributed by atoms with Crippen LogP contribution in [0.15, 0.2) is 47.8 Å². The number of thiophene rings is 1. The summed E-state index contributed by atoms with van der Waals surface area (Å²) < 4.78 is 12.3. The number of nitrogens with zero attached hydrogens (tertiary/aromatic N) is 1. The summed E-state index contributed by atoms with van der Waals surface area (Å²) in [4.78, 5) is 14.0. The van der Waals surface area contributed by atoms with Crippen molar-refractivity contribution in [2.75, 3.05) is 19.9 Å². The maximum absolute atomic E-state index is 11.7. The summed E-state index contributed by atoms with van der Waals surface area (Å²) in [6.07, 6.45) is 1.63. The van der Waals surface area contributed by atoms with Gasteiger partial charge < -0.3 is 14.6 Å². The van der Waals surface area contributed by atoms with Crippen LogP contribution in [0.3, 0.4) is 0 Å². The van der Waals surface area contributed by atoms with E-state index in [0.717, 1.165) is 36.4 Å². The molecule has 2 aromatic carbocycles. The van der Waals surface area contributed by atoms with E-state index in [9.17, 15) is 9.90 Å². The number of benzene rings is 2. The van der Waals surface area contributed by atoms with Gasteiger partial charge in [-0.2, -0.15) is 0 Å². The fourth-order valence-electron chi connectivity index (χ4n) is 4.32. The van der Waals surface area contributed by atoms with Crippen molar-refractivity contribution in [1.82, 2.24) is 4.90 Å². The van der Waals surface area contributed by atoms with Gasteiger partial charge in [0, 0.05) is 11.2 Å². The molecule has 0 aliphatic carbocycles. The van der Waals surface area contributed by atoms with E-state index in [-0.39, 0.29) is 18.8 Å². The van der Waals surface area contributed by atoms with Crippen LogP contribution in [0.4, 0.5) is 0 Å². The predicted octanol–water partition coefficient (Wildman–Crippen LogP) is 4.52. The number of carbonyl (C=O) groups is 1. The lowest BCUT2D eigenvalue weighted by Crippen LogP contribution is -2.41. The van der Waals surface area contributed by atoms with Gasteiger partial charge in [-0.15, -0.1) is 11.3 Å². The van der Waals surface area contributed by atoms with Crippen LogP contribution >= 0.6 is 11.3 Å². The lowest BCUT2D eigenvalue weighted by atomic mass is 9.91. The second-order valence-corrected chi connectivity index (χ2v) is 8.29. The molecule has 1 N–H and O–H groups in total. The summed E-state index contributed by atoms with van der Waals surface area (Å²) in [6, 6.07) is 14.5. The van der Waals surface area contributed by atoms with Gasteiger partial charge in [-0.3, -0.25) is 9.69 Å². The molecule has 1 saturated heterocycles. The minimum atomic E-state index is -0.704. The normalized spacial score (nSPS) is 20.4. The van der Waals surface area contributed by atoms with Gasteiger partial charge in [-0.05, 0) is 59.5 Å². The fourth-order valence-corrected chi connectivity index (χ4v) is 5.30. The number of piperidine rings is 1. The summed E-state index contributed by atoms with van der Waals surface area (Å²) in [5.41, 5.74) is 2.34. The number of rotatable bonds is 4. The molecule has 3 aromatic rings. The van der Waals surface area contributed by atoms with Crippen molar-refractivity contribution in [2.45, 2.75) is 18.9 Å². The average molecular weight is 395 g/mol. The van der Waals surface area contributed by atoms with E-state index in [1.807, 2.05) is 12.1 Å². The van der Waals surface area contributed by atoms with Gasteiger partial charge in [-0.25, -0.2) is 0 Å². The second kappa shape index (κ2) is 7.11. The van der Waals surface area contributed by atoms with E-state index in [1.165, 1.54) is 15.6 Å². The van der Waals surface area contributed by atoms with Gasteiger partial charge in [0.05, 0.1) is 12.0 Å². The van der Waals surface area contributed by atoms with Crippen molar-refractivity contribution in [3.05, 3.63) is 59.0 Å². The molecule has 2 aliphatic rings. The van der Waals surface area contributed by atoms with E-state index in [1.54, 1.807) is 11.3 Å². The molecule has 1 fully saturated rings. The summed E-state index contributed by atoms with van der Waals surface area (Å²) in [5, 5.41) is 13.0. The molecular weight excluding hydrogens is 374 g/mol. The molecule has 144 valence electrons. The van der Waals surface area contributed by atoms with E-state index >= 15 is 0 Å². The Morgan fingerprint density at radius 2 is 2.04 bits per heavy atom. The fraction of sp³-hybridized carbons (Fsp3) is 0.318. The number of aliphatic carboxylic acids is 1. The van der Waals surface area contributed by atoms with Gasteiger partial charge in [0.2, 0.25) is 6.79 Å². The molecule has 1 aromatic heterocycles. The molecule has 2 unspecified atom stereocenters. The van der Waals surface area contributed by atoms with Crippen molar-refractivity contribution in [1.29, 1.82) is 0 Å². The molecule has 0 bridgehead atoms. The number of ether oxygens (including phenoxy) is 2. The molecular formula is C22H21NO4S. The largest absolute Gasteiger partial charge is 0.481 e. The van der Waals surface area contributed by atoms with Gasteiger partial charge >= 0.3 is 5.97 Å². The standard InChI is InChI=1S/C22H21NO4S/c24-22(25)15-4-3-9-23(11-15)21(14-7-8-18-19(10-14)27-13-26-18)17-12-28-20-6-2-1-5-16(17)20/h1-2,5-8,10,12,15,21H,3-4,9,11,13H2,(H,24,25). The third-order valence-corrected chi connectivity index (χ3v) is 6.67. The molecule has 5 nitrogen and oxygen atoms in total. The van der Waals surface area contributed by atoms with E-state index in [0.29, 0.717) is 6.54 Å². The first kappa shape index (κ1) is 17.5. The highest BCUT2D eigenvalue weighted by atomic mass is 32.1. The van der Waals surface area contributed by atoms with Crippen molar-refractivity contribution in [2.24, 2.45) is 5.92 Å². The van der Waals surface area contributed by atoms with Crippen LogP contribution in [0.5, 0.6) is 11.5 Å². The molecule has 2 aliphatic heterocycles. The van der Waals surface area contributed by atoms with E-state index in [4.69, 9.17) is 9.47 Å². The highest BCUT2D eigenvalue weighted by Gasteiger charge is 2.33. The third-order valence-electron chi connectivity index (χ3n) is 5.69. The van der Waals surface area contributed by atoms with Crippen molar-refractivity contribution >= 4 is 27.4 Å². The number of hydrogen-bond donors (Lipinski definition) is 1. The zero-order valence-electron chi connectivity index (χ0n) is 15.3. The first-order valence-corrected chi connectivity index (χ1v) is 10.4. The Morgan fingerprint density at radius 3 is 2.93 bits per heavy atom. The van der Waals surface area contributed by atoms with E-state index < -0.39 is 5.97 Å². The Bertz CT molecular complexity index is 1030. The van der Waals surface area contributed by atoms with Gasteiger partial charge in [0.25, 0.3) is 0 Å². The quantitative estimate of drug-likeness (QED) is 0.704. The lowest BCUT2D eigenvalue weighted by Gasteiger charge is -2.37. The molecule has 6 heteroatoms. The lowest BCUT2D eigenvalue weighted by molar-refractivity contribution is -0.143. The van der Waals surface area contributed by atoms with Crippen LogP contribution in [0, 0.1) is 5.92 Å². The number of carboxylic acids is 1. The van der Waals surface area contributed by atoms with Crippen LogP contribution < -0.4 is 9.47 Å². The molecule has 0 amide bonds. The summed E-state index contributed by atoms with van der Waals surface area (Å²) in [6.45, 7) is 1.68. The molecule has 28 heavy (non-hydrogen) atoms. The SMILES string of the molecule is O=C(O)C1CCCN(C(c2ccc3c(c2)OCO3)c2csc3ccccc23)C1. The van der Waals surface area contributed by atoms with Crippen LogP contribution in [-0.4, -0.2) is 35.9 Å². The van der Waals surface area contributed by atoms with Gasteiger partial charge in [0.15, 0.2) is 11.5 Å². The molecule has 2 atom stereocenters. The van der Waals surface area contributed by atoms with Crippen molar-refractivity contribution in [3.63, 3.8) is 0 Å². The highest BCUT2D eigenvalue weighted by molar-refractivity contribution is 7.17. The summed E-state index contributed by atoms with van der Waals surface area (Å²) >= 11 is 1.73. The van der Waals surface area contributed by atoms with Crippen molar-refractivity contribution in [3.8, 4) is 11.5 Å². The molecule has 0 radical (unpaired) electrons. The Kier molecular flexibility index (Phi) is 4.45. The Balaban J connectivity index is 1.61. The van der Waals surface area contributed by atoms with Crippen LogP contribution in [0.2, 0.25) is 0 Å². The second-order valence-electron chi connectivity index (χ2n) is 7.37. The number of hydrogen-bond acceptors (Lipinski definition) is 5. The molecule has 0 saturated carbocycles. The van der Waals surface area contributed by atoms with Crippen LogP contribution in [0.1, 0.15) is 30.0 Å². The zero-order valence-corrected chi connectivity index (χ0v) is 16.2. The molecule has 3 heterocycles. The monoisotopic (exact) mass is 395 g/mol. The zero-order chi connectivity index (χ0) is 19.1. The Labute approximate surface area is 167 Å². The van der Waals surface area contributed by atoms with Crippen molar-refractivity contribution < 1.29 is 19.4 Å². The van der Waals surface area contributed by atoms with Gasteiger partial charge in [-0.1, -0.05) is 24.3 Å². The Hall–Kier alpha value is -2.57. The highest BCUT2D eigenvalue weighted by Crippen LogP contribution is 2.42. The van der Waals surface area contributed by atoms with Gasteiger partial charge in [0.1, 0.15) is 0 Å². The maximum Gasteiger partial charge on any atom is 0.307 e. The molecule has 0 spiro atoms. The average Bonchev–Trinajstić information content (AvgIpc) is 3.35. The first-order chi connectivity index (χ1) is 13.7. The minimum absolute atomic E-state index is 0.00667. The summed E-state index contributed by atoms with van der Waals surface area (Å²) in [5.74, 6) is 0.494. The first-order valence-electron chi connectivity index (χ1n) is 9.53. The topological polar surface area (TPSA) is 59.0 Å². The third kappa shape index (κ3) is 3.02.